The molecule has 2 fully saturated rings. The minimum atomic E-state index is -3.72. The number of fused-ring (bicyclic) bond motifs is 1. The van der Waals surface area contributed by atoms with Gasteiger partial charge in [-0.2, -0.15) is 4.31 Å². The first-order chi connectivity index (χ1) is 23.7. The van der Waals surface area contributed by atoms with E-state index in [-0.39, 0.29) is 36.4 Å². The first-order valence-corrected chi connectivity index (χ1v) is 19.7. The normalized spacial score (nSPS) is 21.1. The van der Waals surface area contributed by atoms with Gasteiger partial charge < -0.3 is 26.2 Å². The molecule has 4 N–H and O–H groups in total. The number of nitrogens with one attached hydrogen (secondary N) is 4. The first-order valence-electron chi connectivity index (χ1n) is 18.3. The fourth-order valence-electron chi connectivity index (χ4n) is 7.22. The van der Waals surface area contributed by atoms with E-state index in [4.69, 9.17) is 0 Å². The number of hydrogen-bond donors (Lipinski definition) is 4. The van der Waals surface area contributed by atoms with Crippen LogP contribution in [0.5, 0.6) is 0 Å². The van der Waals surface area contributed by atoms with Crippen LogP contribution >= 0.6 is 0 Å². The van der Waals surface area contributed by atoms with Crippen molar-refractivity contribution in [3.63, 3.8) is 0 Å². The van der Waals surface area contributed by atoms with Crippen LogP contribution in [0.3, 0.4) is 0 Å². The minimum Gasteiger partial charge on any atom is -0.350 e. The van der Waals surface area contributed by atoms with Crippen molar-refractivity contribution in [3.8, 4) is 0 Å². The van der Waals surface area contributed by atoms with Crippen molar-refractivity contribution in [1.29, 1.82) is 0 Å². The lowest BCUT2D eigenvalue weighted by Crippen LogP contribution is -2.60. The van der Waals surface area contributed by atoms with Gasteiger partial charge in [-0.05, 0) is 62.0 Å². The van der Waals surface area contributed by atoms with Crippen molar-refractivity contribution in [2.75, 3.05) is 19.6 Å². The minimum absolute atomic E-state index is 0.0541. The van der Waals surface area contributed by atoms with E-state index in [1.54, 1.807) is 31.2 Å². The summed E-state index contributed by atoms with van der Waals surface area (Å²) in [4.78, 5) is 68.8. The van der Waals surface area contributed by atoms with Gasteiger partial charge in [0.2, 0.25) is 27.6 Å². The van der Waals surface area contributed by atoms with Crippen molar-refractivity contribution >= 4 is 39.6 Å². The molecule has 0 spiro atoms. The predicted molar refractivity (Wildman–Crippen MR) is 189 cm³/mol. The fourth-order valence-corrected chi connectivity index (χ4v) is 8.87. The Morgan fingerprint density at radius 3 is 2.26 bits per heavy atom. The number of carbonyl (C=O) groups is 5. The van der Waals surface area contributed by atoms with E-state index in [2.05, 4.69) is 21.3 Å². The molecule has 3 aliphatic rings. The zero-order valence-corrected chi connectivity index (χ0v) is 31.1. The summed E-state index contributed by atoms with van der Waals surface area (Å²) < 4.78 is 28.1. The highest BCUT2D eigenvalue weighted by atomic mass is 32.2. The number of carbonyl (C=O) groups excluding carboxylic acids is 5. The van der Waals surface area contributed by atoms with Gasteiger partial charge in [0, 0.05) is 32.2 Å². The van der Waals surface area contributed by atoms with Crippen LogP contribution < -0.4 is 21.3 Å². The number of Topliss-reactive ketones (excluding diaryl/α,β-unsaturated/α-hetero) is 1. The highest BCUT2D eigenvalue weighted by Gasteiger charge is 2.43. The molecule has 0 aromatic heterocycles. The topological polar surface area (TPSA) is 174 Å². The number of likely N-dealkylation sites (N-methyl/N-ethyl adjacent to an activating group) is 1. The Morgan fingerprint density at radius 2 is 1.62 bits per heavy atom. The molecular weight excluding hydrogens is 660 g/mol. The standard InChI is InChI=1S/C36H56N6O7S/c1-6-8-18-26(31(43)33(45)37-7-2)38-32(44)27-19-14-21-42(27)34(46)30(24-15-10-9-11-16-24)40-35(47)39-29(36(3,4)5)23-41-22-25-17-12-13-20-28(25)50(41,48)49/h12-13,17,20,24,26-27,29-30H,6-11,14-16,18-19,21-23H2,1-5H3,(H,37,45)(H,38,44)(H2,39,40,47)/t26?,27-,29+,30-/m0/s1. The van der Waals surface area contributed by atoms with E-state index in [1.165, 1.54) is 9.21 Å². The molecule has 1 saturated heterocycles. The lowest BCUT2D eigenvalue weighted by atomic mass is 9.83. The second-order valence-electron chi connectivity index (χ2n) is 14.9. The van der Waals surface area contributed by atoms with Gasteiger partial charge in [0.25, 0.3) is 5.91 Å². The van der Waals surface area contributed by atoms with Crippen LogP contribution in [0.1, 0.15) is 104 Å². The van der Waals surface area contributed by atoms with E-state index in [9.17, 15) is 32.4 Å². The van der Waals surface area contributed by atoms with Crippen LogP contribution in [0.2, 0.25) is 0 Å². The van der Waals surface area contributed by atoms with Gasteiger partial charge in [-0.3, -0.25) is 19.2 Å². The molecule has 1 unspecified atom stereocenters. The van der Waals surface area contributed by atoms with Gasteiger partial charge >= 0.3 is 6.03 Å². The molecule has 5 amide bonds. The molecule has 4 atom stereocenters. The lowest BCUT2D eigenvalue weighted by molar-refractivity contribution is -0.143. The summed E-state index contributed by atoms with van der Waals surface area (Å²) in [5.41, 5.74) is 0.186. The average molecular weight is 717 g/mol. The molecule has 1 aromatic rings. The Morgan fingerprint density at radius 1 is 0.920 bits per heavy atom. The van der Waals surface area contributed by atoms with Crippen LogP contribution in [0.4, 0.5) is 4.79 Å². The molecule has 2 aliphatic heterocycles. The number of ketones is 1. The van der Waals surface area contributed by atoms with Crippen LogP contribution in [0.15, 0.2) is 29.2 Å². The average Bonchev–Trinajstić information content (AvgIpc) is 3.67. The van der Waals surface area contributed by atoms with E-state index in [1.807, 2.05) is 27.7 Å². The zero-order chi connectivity index (χ0) is 36.6. The maximum Gasteiger partial charge on any atom is 0.315 e. The van der Waals surface area contributed by atoms with Crippen molar-refractivity contribution in [2.45, 2.75) is 134 Å². The van der Waals surface area contributed by atoms with Gasteiger partial charge in [0.1, 0.15) is 12.1 Å². The molecule has 50 heavy (non-hydrogen) atoms. The van der Waals surface area contributed by atoms with Gasteiger partial charge in [-0.15, -0.1) is 0 Å². The van der Waals surface area contributed by atoms with Crippen LogP contribution in [-0.2, 0) is 35.7 Å². The summed E-state index contributed by atoms with van der Waals surface area (Å²) in [5.74, 6) is -2.43. The molecular formula is C36H56N6O7S. The van der Waals surface area contributed by atoms with E-state index in [0.717, 1.165) is 38.5 Å². The SMILES string of the molecule is CCCCC(NC(=O)[C@@H]1CCCN1C(=O)[C@@H](NC(=O)N[C@H](CN1Cc2ccccc2S1(=O)=O)C(C)(C)C)C1CCCCC1)C(=O)C(=O)NCC. The molecule has 13 nitrogen and oxygen atoms in total. The van der Waals surface area contributed by atoms with Crippen LogP contribution in [0.25, 0.3) is 0 Å². The first kappa shape index (κ1) is 39.3. The summed E-state index contributed by atoms with van der Waals surface area (Å²) in [5, 5.41) is 11.2. The van der Waals surface area contributed by atoms with Crippen molar-refractivity contribution in [2.24, 2.45) is 11.3 Å². The largest absolute Gasteiger partial charge is 0.350 e. The number of benzene rings is 1. The number of hydrogen-bond acceptors (Lipinski definition) is 7. The lowest BCUT2D eigenvalue weighted by Gasteiger charge is -2.37. The summed E-state index contributed by atoms with van der Waals surface area (Å²) in [7, 11) is -3.72. The van der Waals surface area contributed by atoms with Gasteiger partial charge in [-0.25, -0.2) is 13.2 Å². The highest BCUT2D eigenvalue weighted by Crippen LogP contribution is 2.33. The quantitative estimate of drug-likeness (QED) is 0.214. The van der Waals surface area contributed by atoms with E-state index < -0.39 is 63.2 Å². The molecule has 0 radical (unpaired) electrons. The summed E-state index contributed by atoms with van der Waals surface area (Å²) in [6.45, 7) is 10.3. The van der Waals surface area contributed by atoms with Crippen LogP contribution in [0, 0.1) is 11.3 Å². The third-order valence-corrected chi connectivity index (χ3v) is 12.1. The Hall–Kier alpha value is -3.52. The number of unbranched alkanes of at least 4 members (excludes halogenated alkanes) is 1. The predicted octanol–water partition coefficient (Wildman–Crippen LogP) is 3.22. The molecule has 4 rings (SSSR count). The van der Waals surface area contributed by atoms with Gasteiger partial charge in [-0.1, -0.05) is 78.0 Å². The van der Waals surface area contributed by atoms with Crippen molar-refractivity contribution in [3.05, 3.63) is 29.8 Å². The number of amides is 5. The zero-order valence-electron chi connectivity index (χ0n) is 30.3. The number of likely N-dealkylation sites (tertiary alicyclic amines) is 1. The van der Waals surface area contributed by atoms with E-state index in [0.29, 0.717) is 37.8 Å². The molecule has 0 bridgehead atoms. The summed E-state index contributed by atoms with van der Waals surface area (Å²) in [6, 6.07) is 3.00. The third-order valence-electron chi connectivity index (χ3n) is 10.2. The second kappa shape index (κ2) is 17.1. The number of urea groups is 1. The molecule has 2 heterocycles. The maximum atomic E-state index is 14.3. The molecule has 278 valence electrons. The highest BCUT2D eigenvalue weighted by molar-refractivity contribution is 7.89. The Labute approximate surface area is 297 Å². The number of sulfonamides is 1. The second-order valence-corrected chi connectivity index (χ2v) is 16.8. The molecule has 1 aliphatic carbocycles. The third kappa shape index (κ3) is 9.42. The Kier molecular flexibility index (Phi) is 13.5. The van der Waals surface area contributed by atoms with Crippen molar-refractivity contribution < 1.29 is 32.4 Å². The summed E-state index contributed by atoms with van der Waals surface area (Å²) >= 11 is 0. The van der Waals surface area contributed by atoms with Gasteiger partial charge in [0.15, 0.2) is 0 Å². The Bertz CT molecular complexity index is 1500. The summed E-state index contributed by atoms with van der Waals surface area (Å²) in [6.07, 6.45) is 7.06. The van der Waals surface area contributed by atoms with Crippen molar-refractivity contribution in [1.82, 2.24) is 30.5 Å². The molecule has 14 heteroatoms. The smallest absolute Gasteiger partial charge is 0.315 e. The molecule has 1 aromatic carbocycles. The Balaban J connectivity index is 1.49. The number of rotatable bonds is 14. The number of nitrogens with zero attached hydrogens (tertiary/aromatic N) is 2. The van der Waals surface area contributed by atoms with E-state index >= 15 is 0 Å². The monoisotopic (exact) mass is 716 g/mol. The van der Waals surface area contributed by atoms with Gasteiger partial charge in [0.05, 0.1) is 10.9 Å². The van der Waals surface area contributed by atoms with Crippen LogP contribution in [-0.4, -0.2) is 91.0 Å². The fraction of sp³-hybridized carbons (Fsp3) is 0.694. The molecule has 1 saturated carbocycles. The maximum absolute atomic E-state index is 14.3.